The molecule has 0 bridgehead atoms. The zero-order valence-electron chi connectivity index (χ0n) is 8.99. The van der Waals surface area contributed by atoms with Gasteiger partial charge in [-0.2, -0.15) is 0 Å². The van der Waals surface area contributed by atoms with Gasteiger partial charge in [0.05, 0.1) is 5.56 Å². The molecule has 0 aromatic carbocycles. The third-order valence-electron chi connectivity index (χ3n) is 2.94. The van der Waals surface area contributed by atoms with Crippen LogP contribution >= 0.6 is 0 Å². The fourth-order valence-electron chi connectivity index (χ4n) is 2.06. The second kappa shape index (κ2) is 4.43. The molecule has 1 aliphatic carbocycles. The lowest BCUT2D eigenvalue weighted by molar-refractivity contribution is 0.0937. The van der Waals surface area contributed by atoms with Gasteiger partial charge in [0.15, 0.2) is 0 Å². The smallest absolute Gasteiger partial charge is 0.253 e. The molecule has 1 heterocycles. The maximum Gasteiger partial charge on any atom is 0.253 e. The van der Waals surface area contributed by atoms with E-state index in [9.17, 15) is 4.79 Å². The minimum atomic E-state index is 0.0208. The minimum Gasteiger partial charge on any atom is -0.349 e. The van der Waals surface area contributed by atoms with Crippen LogP contribution in [0.25, 0.3) is 0 Å². The first-order valence-corrected chi connectivity index (χ1v) is 5.50. The highest BCUT2D eigenvalue weighted by atomic mass is 16.1. The first kappa shape index (κ1) is 10.1. The number of pyridine rings is 1. The second-order valence-corrected chi connectivity index (χ2v) is 4.09. The number of carbonyl (C=O) groups is 1. The van der Waals surface area contributed by atoms with Crippen LogP contribution in [0.5, 0.6) is 0 Å². The summed E-state index contributed by atoms with van der Waals surface area (Å²) < 4.78 is 0. The normalized spacial score (nSPS) is 16.6. The van der Waals surface area contributed by atoms with Crippen molar-refractivity contribution in [1.29, 1.82) is 0 Å². The number of hydrogen-bond donors (Lipinski definition) is 1. The Bertz CT molecular complexity index is 356. The van der Waals surface area contributed by atoms with Crippen molar-refractivity contribution in [2.75, 3.05) is 0 Å². The van der Waals surface area contributed by atoms with Crippen molar-refractivity contribution in [3.05, 3.63) is 29.6 Å². The predicted molar refractivity (Wildman–Crippen MR) is 58.7 cm³/mol. The van der Waals surface area contributed by atoms with E-state index in [4.69, 9.17) is 0 Å². The van der Waals surface area contributed by atoms with E-state index in [-0.39, 0.29) is 5.91 Å². The lowest BCUT2D eigenvalue weighted by Gasteiger charge is -2.12. The van der Waals surface area contributed by atoms with Gasteiger partial charge in [-0.15, -0.1) is 0 Å². The lowest BCUT2D eigenvalue weighted by atomic mass is 10.1. The molecule has 1 amide bonds. The first-order valence-electron chi connectivity index (χ1n) is 5.50. The molecule has 1 aromatic rings. The Morgan fingerprint density at radius 1 is 1.47 bits per heavy atom. The molecular weight excluding hydrogens is 188 g/mol. The summed E-state index contributed by atoms with van der Waals surface area (Å²) in [7, 11) is 0. The SMILES string of the molecule is Cc1ncccc1C(=O)NC1CCCC1. The third kappa shape index (κ3) is 2.35. The van der Waals surface area contributed by atoms with Crippen molar-refractivity contribution >= 4 is 5.91 Å². The Morgan fingerprint density at radius 2 is 2.20 bits per heavy atom. The fourth-order valence-corrected chi connectivity index (χ4v) is 2.06. The van der Waals surface area contributed by atoms with Crippen LogP contribution < -0.4 is 5.32 Å². The second-order valence-electron chi connectivity index (χ2n) is 4.09. The third-order valence-corrected chi connectivity index (χ3v) is 2.94. The van der Waals surface area contributed by atoms with Crippen LogP contribution in [0.2, 0.25) is 0 Å². The zero-order chi connectivity index (χ0) is 10.7. The van der Waals surface area contributed by atoms with E-state index in [1.165, 1.54) is 12.8 Å². The van der Waals surface area contributed by atoms with E-state index in [1.807, 2.05) is 13.0 Å². The molecule has 1 aliphatic rings. The number of carbonyl (C=O) groups excluding carboxylic acids is 1. The van der Waals surface area contributed by atoms with Gasteiger partial charge in [-0.1, -0.05) is 12.8 Å². The summed E-state index contributed by atoms with van der Waals surface area (Å²) in [6, 6.07) is 4.00. The molecule has 3 heteroatoms. The van der Waals surface area contributed by atoms with Crippen LogP contribution in [0, 0.1) is 6.92 Å². The van der Waals surface area contributed by atoms with Crippen LogP contribution in [-0.4, -0.2) is 16.9 Å². The Hall–Kier alpha value is -1.38. The van der Waals surface area contributed by atoms with Crippen LogP contribution in [0.1, 0.15) is 41.7 Å². The average molecular weight is 204 g/mol. The summed E-state index contributed by atoms with van der Waals surface area (Å²) in [4.78, 5) is 16.0. The van der Waals surface area contributed by atoms with Gasteiger partial charge < -0.3 is 5.32 Å². The molecule has 1 N–H and O–H groups in total. The van der Waals surface area contributed by atoms with E-state index >= 15 is 0 Å². The van der Waals surface area contributed by atoms with Gasteiger partial charge in [-0.05, 0) is 31.9 Å². The molecule has 80 valence electrons. The largest absolute Gasteiger partial charge is 0.349 e. The maximum atomic E-state index is 11.9. The molecule has 0 saturated heterocycles. The Morgan fingerprint density at radius 3 is 2.87 bits per heavy atom. The summed E-state index contributed by atoms with van der Waals surface area (Å²) in [5.74, 6) is 0.0208. The van der Waals surface area contributed by atoms with Crippen molar-refractivity contribution in [2.24, 2.45) is 0 Å². The molecule has 0 unspecified atom stereocenters. The molecule has 0 spiro atoms. The summed E-state index contributed by atoms with van der Waals surface area (Å²) in [5, 5.41) is 3.06. The summed E-state index contributed by atoms with van der Waals surface area (Å²) >= 11 is 0. The van der Waals surface area contributed by atoms with Crippen molar-refractivity contribution in [3.8, 4) is 0 Å². The number of rotatable bonds is 2. The monoisotopic (exact) mass is 204 g/mol. The minimum absolute atomic E-state index is 0.0208. The molecule has 1 fully saturated rings. The Balaban J connectivity index is 2.04. The number of aryl methyl sites for hydroxylation is 1. The number of hydrogen-bond acceptors (Lipinski definition) is 2. The molecule has 15 heavy (non-hydrogen) atoms. The standard InChI is InChI=1S/C12H16N2O/c1-9-11(7-4-8-13-9)12(15)14-10-5-2-3-6-10/h4,7-8,10H,2-3,5-6H2,1H3,(H,14,15). The van der Waals surface area contributed by atoms with Crippen LogP contribution in [0.3, 0.4) is 0 Å². The quantitative estimate of drug-likeness (QED) is 0.801. The lowest BCUT2D eigenvalue weighted by Crippen LogP contribution is -2.33. The van der Waals surface area contributed by atoms with Crippen LogP contribution in [-0.2, 0) is 0 Å². The van der Waals surface area contributed by atoms with Gasteiger partial charge in [0.2, 0.25) is 0 Å². The number of aromatic nitrogens is 1. The molecule has 1 saturated carbocycles. The highest BCUT2D eigenvalue weighted by Crippen LogP contribution is 2.18. The topological polar surface area (TPSA) is 42.0 Å². The van der Waals surface area contributed by atoms with Gasteiger partial charge in [0.1, 0.15) is 0 Å². The predicted octanol–water partition coefficient (Wildman–Crippen LogP) is 2.06. The Kier molecular flexibility index (Phi) is 2.99. The van der Waals surface area contributed by atoms with Gasteiger partial charge in [-0.25, -0.2) is 0 Å². The highest BCUT2D eigenvalue weighted by Gasteiger charge is 2.18. The fraction of sp³-hybridized carbons (Fsp3) is 0.500. The van der Waals surface area contributed by atoms with Crippen molar-refractivity contribution in [1.82, 2.24) is 10.3 Å². The van der Waals surface area contributed by atoms with Crippen LogP contribution in [0.4, 0.5) is 0 Å². The van der Waals surface area contributed by atoms with Crippen molar-refractivity contribution < 1.29 is 4.79 Å². The molecule has 0 radical (unpaired) electrons. The van der Waals surface area contributed by atoms with Crippen molar-refractivity contribution in [2.45, 2.75) is 38.6 Å². The van der Waals surface area contributed by atoms with E-state index < -0.39 is 0 Å². The number of amides is 1. The molecule has 2 rings (SSSR count). The van der Waals surface area contributed by atoms with Crippen molar-refractivity contribution in [3.63, 3.8) is 0 Å². The number of nitrogens with one attached hydrogen (secondary N) is 1. The zero-order valence-corrected chi connectivity index (χ0v) is 8.99. The summed E-state index contributed by atoms with van der Waals surface area (Å²) in [6.45, 7) is 1.86. The molecule has 0 aliphatic heterocycles. The first-order chi connectivity index (χ1) is 7.27. The number of nitrogens with zero attached hydrogens (tertiary/aromatic N) is 1. The molecular formula is C12H16N2O. The summed E-state index contributed by atoms with van der Waals surface area (Å²) in [5.41, 5.74) is 1.50. The van der Waals surface area contributed by atoms with E-state index in [2.05, 4.69) is 10.3 Å². The van der Waals surface area contributed by atoms with Gasteiger partial charge in [0, 0.05) is 17.9 Å². The van der Waals surface area contributed by atoms with E-state index in [1.54, 1.807) is 12.3 Å². The van der Waals surface area contributed by atoms with Gasteiger partial charge in [0.25, 0.3) is 5.91 Å². The average Bonchev–Trinajstić information content (AvgIpc) is 2.71. The van der Waals surface area contributed by atoms with Crippen LogP contribution in [0.15, 0.2) is 18.3 Å². The summed E-state index contributed by atoms with van der Waals surface area (Å²) in [6.07, 6.45) is 6.41. The molecule has 3 nitrogen and oxygen atoms in total. The van der Waals surface area contributed by atoms with E-state index in [0.717, 1.165) is 18.5 Å². The molecule has 0 atom stereocenters. The molecule has 1 aromatic heterocycles. The maximum absolute atomic E-state index is 11.9. The van der Waals surface area contributed by atoms with Gasteiger partial charge >= 0.3 is 0 Å². The Labute approximate surface area is 89.9 Å². The highest BCUT2D eigenvalue weighted by molar-refractivity contribution is 5.95. The van der Waals surface area contributed by atoms with E-state index in [0.29, 0.717) is 11.6 Å². The van der Waals surface area contributed by atoms with Gasteiger partial charge in [-0.3, -0.25) is 9.78 Å².